The molecule has 1 rings (SSSR count). The van der Waals surface area contributed by atoms with Gasteiger partial charge in [0.2, 0.25) is 0 Å². The number of carbonyl (C=O) groups is 1. The van der Waals surface area contributed by atoms with Gasteiger partial charge in [0.1, 0.15) is 6.04 Å². The minimum absolute atomic E-state index is 0.359. The van der Waals surface area contributed by atoms with Crippen LogP contribution in [0.2, 0.25) is 0 Å². The first-order chi connectivity index (χ1) is 7.24. The molecule has 1 unspecified atom stereocenters. The fourth-order valence-electron chi connectivity index (χ4n) is 1.86. The van der Waals surface area contributed by atoms with E-state index < -0.39 is 6.04 Å². The molecule has 0 spiro atoms. The van der Waals surface area contributed by atoms with Crippen molar-refractivity contribution in [3.63, 3.8) is 0 Å². The Kier molecular flexibility index (Phi) is 5.65. The molecule has 0 aliphatic heterocycles. The minimum Gasteiger partial charge on any atom is -0.468 e. The average Bonchev–Trinajstić information content (AvgIpc) is 2.29. The second kappa shape index (κ2) is 6.80. The maximum atomic E-state index is 11.0. The Morgan fingerprint density at radius 1 is 1.40 bits per heavy atom. The predicted octanol–water partition coefficient (Wildman–Crippen LogP) is 1.23. The summed E-state index contributed by atoms with van der Waals surface area (Å²) in [6, 6.07) is -0.543. The molecule has 1 aliphatic carbocycles. The van der Waals surface area contributed by atoms with Gasteiger partial charge in [-0.15, -0.1) is 0 Å². The number of esters is 1. The van der Waals surface area contributed by atoms with Crippen molar-refractivity contribution >= 4 is 5.97 Å². The zero-order valence-corrected chi connectivity index (χ0v) is 9.41. The molecule has 1 aliphatic rings. The van der Waals surface area contributed by atoms with E-state index in [4.69, 9.17) is 10.5 Å². The molecule has 4 heteroatoms. The highest BCUT2D eigenvalue weighted by Gasteiger charge is 2.16. The minimum atomic E-state index is -0.543. The molecule has 0 heterocycles. The summed E-state index contributed by atoms with van der Waals surface area (Å²) in [7, 11) is 1.35. The molecule has 88 valence electrons. The van der Waals surface area contributed by atoms with Crippen LogP contribution in [-0.4, -0.2) is 31.8 Å². The summed E-state index contributed by atoms with van der Waals surface area (Å²) in [6.45, 7) is 0.556. The van der Waals surface area contributed by atoms with Crippen molar-refractivity contribution in [3.05, 3.63) is 0 Å². The molecule has 2 N–H and O–H groups in total. The second-order valence-corrected chi connectivity index (χ2v) is 4.05. The van der Waals surface area contributed by atoms with Gasteiger partial charge in [-0.25, -0.2) is 0 Å². The molecule has 1 atom stereocenters. The molecular weight excluding hydrogens is 194 g/mol. The number of rotatable bonds is 5. The van der Waals surface area contributed by atoms with Gasteiger partial charge in [-0.2, -0.15) is 0 Å². The average molecular weight is 215 g/mol. The summed E-state index contributed by atoms with van der Waals surface area (Å²) in [4.78, 5) is 11.0. The van der Waals surface area contributed by atoms with Crippen LogP contribution in [0.15, 0.2) is 0 Å². The third-order valence-corrected chi connectivity index (χ3v) is 2.84. The first-order valence-electron chi connectivity index (χ1n) is 5.69. The molecule has 0 aromatic rings. The normalized spacial score (nSPS) is 19.9. The Hall–Kier alpha value is -0.610. The highest BCUT2D eigenvalue weighted by Crippen LogP contribution is 2.20. The van der Waals surface area contributed by atoms with Crippen molar-refractivity contribution < 1.29 is 14.3 Å². The molecular formula is C11H21NO3. The second-order valence-electron chi connectivity index (χ2n) is 4.05. The Bertz CT molecular complexity index is 190. The molecule has 0 amide bonds. The molecule has 4 nitrogen and oxygen atoms in total. The zero-order chi connectivity index (χ0) is 11.1. The van der Waals surface area contributed by atoms with Gasteiger partial charge >= 0.3 is 5.97 Å². The summed E-state index contributed by atoms with van der Waals surface area (Å²) in [5.74, 6) is -0.359. The van der Waals surface area contributed by atoms with Crippen molar-refractivity contribution in [3.8, 4) is 0 Å². The van der Waals surface area contributed by atoms with Gasteiger partial charge in [0.25, 0.3) is 0 Å². The summed E-state index contributed by atoms with van der Waals surface area (Å²) in [6.07, 6.45) is 7.05. The van der Waals surface area contributed by atoms with E-state index >= 15 is 0 Å². The first-order valence-corrected chi connectivity index (χ1v) is 5.69. The third kappa shape index (κ3) is 4.62. The van der Waals surface area contributed by atoms with Crippen LogP contribution in [0, 0.1) is 0 Å². The van der Waals surface area contributed by atoms with E-state index in [0.717, 1.165) is 12.8 Å². The molecule has 0 bridgehead atoms. The van der Waals surface area contributed by atoms with E-state index in [1.165, 1.54) is 26.4 Å². The number of methoxy groups -OCH3 is 1. The van der Waals surface area contributed by atoms with E-state index in [2.05, 4.69) is 4.74 Å². The standard InChI is InChI=1S/C11H21NO3/c1-14-11(13)10(12)7-8-15-9-5-3-2-4-6-9/h9-10H,2-8,12H2,1H3. The summed E-state index contributed by atoms with van der Waals surface area (Å²) in [5.41, 5.74) is 5.59. The summed E-state index contributed by atoms with van der Waals surface area (Å²) in [5, 5.41) is 0. The van der Waals surface area contributed by atoms with Crippen molar-refractivity contribution in [1.82, 2.24) is 0 Å². The quantitative estimate of drug-likeness (QED) is 0.701. The van der Waals surface area contributed by atoms with E-state index in [9.17, 15) is 4.79 Å². The van der Waals surface area contributed by atoms with Crippen LogP contribution in [0.5, 0.6) is 0 Å². The van der Waals surface area contributed by atoms with Crippen molar-refractivity contribution in [2.24, 2.45) is 5.73 Å². The molecule has 0 radical (unpaired) electrons. The molecule has 15 heavy (non-hydrogen) atoms. The van der Waals surface area contributed by atoms with Crippen LogP contribution in [0.4, 0.5) is 0 Å². The Balaban J connectivity index is 2.07. The van der Waals surface area contributed by atoms with E-state index in [1.54, 1.807) is 0 Å². The Labute approximate surface area is 91.1 Å². The highest BCUT2D eigenvalue weighted by atomic mass is 16.5. The smallest absolute Gasteiger partial charge is 0.322 e. The fraction of sp³-hybridized carbons (Fsp3) is 0.909. The van der Waals surface area contributed by atoms with Gasteiger partial charge in [-0.05, 0) is 19.3 Å². The van der Waals surface area contributed by atoms with Gasteiger partial charge < -0.3 is 15.2 Å². The van der Waals surface area contributed by atoms with Crippen molar-refractivity contribution in [1.29, 1.82) is 0 Å². The summed E-state index contributed by atoms with van der Waals surface area (Å²) >= 11 is 0. The molecule has 0 aromatic carbocycles. The van der Waals surface area contributed by atoms with Gasteiger partial charge in [0.15, 0.2) is 0 Å². The van der Waals surface area contributed by atoms with Crippen LogP contribution >= 0.6 is 0 Å². The Morgan fingerprint density at radius 2 is 2.07 bits per heavy atom. The predicted molar refractivity (Wildman–Crippen MR) is 57.4 cm³/mol. The SMILES string of the molecule is COC(=O)C(N)CCOC1CCCCC1. The largest absolute Gasteiger partial charge is 0.468 e. The lowest BCUT2D eigenvalue weighted by Crippen LogP contribution is -2.33. The van der Waals surface area contributed by atoms with Crippen LogP contribution in [0.25, 0.3) is 0 Å². The van der Waals surface area contributed by atoms with E-state index in [-0.39, 0.29) is 5.97 Å². The van der Waals surface area contributed by atoms with Crippen molar-refractivity contribution in [2.45, 2.75) is 50.7 Å². The molecule has 1 saturated carbocycles. The first kappa shape index (κ1) is 12.5. The van der Waals surface area contributed by atoms with Crippen LogP contribution < -0.4 is 5.73 Å². The van der Waals surface area contributed by atoms with Crippen LogP contribution in [0.3, 0.4) is 0 Å². The fourth-order valence-corrected chi connectivity index (χ4v) is 1.86. The topological polar surface area (TPSA) is 61.5 Å². The van der Waals surface area contributed by atoms with Gasteiger partial charge in [0.05, 0.1) is 13.2 Å². The highest BCUT2D eigenvalue weighted by molar-refractivity contribution is 5.75. The van der Waals surface area contributed by atoms with Gasteiger partial charge in [-0.1, -0.05) is 19.3 Å². The van der Waals surface area contributed by atoms with E-state index in [0.29, 0.717) is 19.1 Å². The summed E-state index contributed by atoms with van der Waals surface area (Å²) < 4.78 is 10.2. The lowest BCUT2D eigenvalue weighted by Gasteiger charge is -2.22. The maximum absolute atomic E-state index is 11.0. The number of hydrogen-bond acceptors (Lipinski definition) is 4. The number of carbonyl (C=O) groups excluding carboxylic acids is 1. The van der Waals surface area contributed by atoms with Gasteiger partial charge in [-0.3, -0.25) is 4.79 Å². The third-order valence-electron chi connectivity index (χ3n) is 2.84. The maximum Gasteiger partial charge on any atom is 0.322 e. The van der Waals surface area contributed by atoms with Crippen LogP contribution in [0.1, 0.15) is 38.5 Å². The van der Waals surface area contributed by atoms with Crippen molar-refractivity contribution in [2.75, 3.05) is 13.7 Å². The monoisotopic (exact) mass is 215 g/mol. The number of hydrogen-bond donors (Lipinski definition) is 1. The van der Waals surface area contributed by atoms with E-state index in [1.807, 2.05) is 0 Å². The lowest BCUT2D eigenvalue weighted by atomic mass is 9.98. The molecule has 0 saturated heterocycles. The molecule has 0 aromatic heterocycles. The molecule has 1 fully saturated rings. The van der Waals surface area contributed by atoms with Crippen LogP contribution in [-0.2, 0) is 14.3 Å². The Morgan fingerprint density at radius 3 is 2.67 bits per heavy atom. The number of ether oxygens (including phenoxy) is 2. The number of nitrogens with two attached hydrogens (primary N) is 1. The van der Waals surface area contributed by atoms with Gasteiger partial charge in [0, 0.05) is 6.61 Å². The zero-order valence-electron chi connectivity index (χ0n) is 9.41. The lowest BCUT2D eigenvalue weighted by molar-refractivity contribution is -0.142.